The summed E-state index contributed by atoms with van der Waals surface area (Å²) in [5.41, 5.74) is 5.30. The van der Waals surface area contributed by atoms with E-state index < -0.39 is 0 Å². The van der Waals surface area contributed by atoms with Gasteiger partial charge in [-0.2, -0.15) is 10.2 Å². The summed E-state index contributed by atoms with van der Waals surface area (Å²) in [6, 6.07) is 12.1. The van der Waals surface area contributed by atoms with E-state index in [-0.39, 0.29) is 0 Å². The molecule has 0 aliphatic heterocycles. The third-order valence-corrected chi connectivity index (χ3v) is 3.83. The third kappa shape index (κ3) is 2.07. The molecule has 22 heavy (non-hydrogen) atoms. The van der Waals surface area contributed by atoms with Crippen molar-refractivity contribution < 1.29 is 0 Å². The van der Waals surface area contributed by atoms with E-state index in [0.29, 0.717) is 0 Å². The smallest absolute Gasteiger partial charge is 0.0957 e. The summed E-state index contributed by atoms with van der Waals surface area (Å²) in [5.74, 6) is 0. The Hall–Kier alpha value is -2.95. The van der Waals surface area contributed by atoms with Crippen molar-refractivity contribution in [3.05, 3.63) is 71.9 Å². The molecule has 0 aliphatic carbocycles. The molecule has 5 nitrogen and oxygen atoms in total. The molecule has 5 heteroatoms. The zero-order valence-corrected chi connectivity index (χ0v) is 12.2. The number of nitrogens with zero attached hydrogens (tertiary/aromatic N) is 4. The molecule has 0 fully saturated rings. The first-order valence-electron chi connectivity index (χ1n) is 7.19. The van der Waals surface area contributed by atoms with Gasteiger partial charge in [0.25, 0.3) is 0 Å². The Kier molecular flexibility index (Phi) is 2.96. The van der Waals surface area contributed by atoms with Crippen molar-refractivity contribution in [3.63, 3.8) is 0 Å². The van der Waals surface area contributed by atoms with Gasteiger partial charge in [-0.05, 0) is 30.7 Å². The molecule has 0 amide bonds. The van der Waals surface area contributed by atoms with E-state index in [4.69, 9.17) is 0 Å². The topological polar surface area (TPSA) is 59.4 Å². The molecule has 108 valence electrons. The average Bonchev–Trinajstić information content (AvgIpc) is 3.19. The number of H-pyrrole nitrogens is 1. The molecular weight excluding hydrogens is 274 g/mol. The summed E-state index contributed by atoms with van der Waals surface area (Å²) >= 11 is 0. The summed E-state index contributed by atoms with van der Waals surface area (Å²) in [7, 11) is 0. The van der Waals surface area contributed by atoms with Crippen molar-refractivity contribution in [2.24, 2.45) is 0 Å². The fraction of sp³-hybridized carbons (Fsp3) is 0.118. The summed E-state index contributed by atoms with van der Waals surface area (Å²) < 4.78 is 1.89. The van der Waals surface area contributed by atoms with Gasteiger partial charge in [0.1, 0.15) is 0 Å². The Morgan fingerprint density at radius 1 is 1.09 bits per heavy atom. The lowest BCUT2D eigenvalue weighted by Crippen LogP contribution is -2.02. The van der Waals surface area contributed by atoms with Crippen LogP contribution in [-0.2, 0) is 6.42 Å². The summed E-state index contributed by atoms with van der Waals surface area (Å²) in [6.07, 6.45) is 6.30. The van der Waals surface area contributed by atoms with Crippen LogP contribution in [0.2, 0.25) is 0 Å². The van der Waals surface area contributed by atoms with Crippen LogP contribution in [-0.4, -0.2) is 25.0 Å². The minimum Gasteiger partial charge on any atom is -0.282 e. The van der Waals surface area contributed by atoms with Crippen molar-refractivity contribution in [1.29, 1.82) is 0 Å². The van der Waals surface area contributed by atoms with E-state index in [1.807, 2.05) is 48.3 Å². The highest BCUT2D eigenvalue weighted by molar-refractivity contribution is 5.83. The first-order chi connectivity index (χ1) is 10.8. The number of aromatic amines is 1. The van der Waals surface area contributed by atoms with Gasteiger partial charge in [0, 0.05) is 36.1 Å². The first-order valence-corrected chi connectivity index (χ1v) is 7.19. The van der Waals surface area contributed by atoms with Gasteiger partial charge in [0.05, 0.1) is 16.9 Å². The molecule has 1 aromatic carbocycles. The molecule has 0 atom stereocenters. The number of aryl methyl sites for hydroxylation is 1. The molecule has 0 aliphatic rings. The molecule has 4 aromatic rings. The van der Waals surface area contributed by atoms with Gasteiger partial charge >= 0.3 is 0 Å². The molecule has 1 N–H and O–H groups in total. The van der Waals surface area contributed by atoms with Crippen LogP contribution in [0.1, 0.15) is 17.0 Å². The highest BCUT2D eigenvalue weighted by Crippen LogP contribution is 2.23. The second-order valence-electron chi connectivity index (χ2n) is 5.26. The van der Waals surface area contributed by atoms with Gasteiger partial charge in [0.15, 0.2) is 0 Å². The predicted octanol–water partition coefficient (Wildman–Crippen LogP) is 3.04. The third-order valence-electron chi connectivity index (χ3n) is 3.83. The van der Waals surface area contributed by atoms with Crippen LogP contribution in [0.4, 0.5) is 0 Å². The first kappa shape index (κ1) is 12.8. The predicted molar refractivity (Wildman–Crippen MR) is 85.0 cm³/mol. The van der Waals surface area contributed by atoms with E-state index in [1.165, 1.54) is 5.56 Å². The second-order valence-corrected chi connectivity index (χ2v) is 5.26. The number of rotatable bonds is 3. The SMILES string of the molecule is Cc1[nH]nc2ccnc(Cc3ccccc3-n3cccn3)c12. The number of fused-ring (bicyclic) bond motifs is 1. The number of hydrogen-bond donors (Lipinski definition) is 1. The van der Waals surface area contributed by atoms with Crippen molar-refractivity contribution >= 4 is 10.9 Å². The van der Waals surface area contributed by atoms with Crippen LogP contribution < -0.4 is 0 Å². The van der Waals surface area contributed by atoms with Crippen LogP contribution in [0.5, 0.6) is 0 Å². The zero-order chi connectivity index (χ0) is 14.9. The molecule has 0 spiro atoms. The standard InChI is InChI=1S/C17H15N5/c1-12-17-14(21-20-12)7-9-18-15(17)11-13-5-2-3-6-16(13)22-10-4-8-19-22/h2-10H,11H2,1H3,(H,20,21). The van der Waals surface area contributed by atoms with Crippen molar-refractivity contribution in [2.45, 2.75) is 13.3 Å². The number of aromatic nitrogens is 5. The van der Waals surface area contributed by atoms with Gasteiger partial charge in [-0.3, -0.25) is 10.1 Å². The monoisotopic (exact) mass is 289 g/mol. The minimum absolute atomic E-state index is 0.744. The maximum absolute atomic E-state index is 4.57. The van der Waals surface area contributed by atoms with Crippen molar-refractivity contribution in [3.8, 4) is 5.69 Å². The number of nitrogens with one attached hydrogen (secondary N) is 1. The normalized spacial score (nSPS) is 11.1. The number of benzene rings is 1. The summed E-state index contributed by atoms with van der Waals surface area (Å²) in [4.78, 5) is 4.57. The van der Waals surface area contributed by atoms with Gasteiger partial charge < -0.3 is 0 Å². The molecule has 0 radical (unpaired) electrons. The van der Waals surface area contributed by atoms with E-state index >= 15 is 0 Å². The maximum Gasteiger partial charge on any atom is 0.0957 e. The summed E-state index contributed by atoms with van der Waals surface area (Å²) in [5, 5.41) is 12.8. The largest absolute Gasteiger partial charge is 0.282 e. The Labute approximate surface area is 127 Å². The summed E-state index contributed by atoms with van der Waals surface area (Å²) in [6.45, 7) is 2.03. The van der Waals surface area contributed by atoms with Crippen LogP contribution in [0.3, 0.4) is 0 Å². The molecule has 0 bridgehead atoms. The van der Waals surface area contributed by atoms with Crippen LogP contribution in [0.15, 0.2) is 55.0 Å². The number of hydrogen-bond acceptors (Lipinski definition) is 3. The van der Waals surface area contributed by atoms with Gasteiger partial charge in [-0.15, -0.1) is 0 Å². The number of pyridine rings is 1. The number of para-hydroxylation sites is 1. The Morgan fingerprint density at radius 3 is 2.86 bits per heavy atom. The Morgan fingerprint density at radius 2 is 2.00 bits per heavy atom. The average molecular weight is 289 g/mol. The quantitative estimate of drug-likeness (QED) is 0.630. The fourth-order valence-electron chi connectivity index (χ4n) is 2.80. The Balaban J connectivity index is 1.82. The zero-order valence-electron chi connectivity index (χ0n) is 12.2. The van der Waals surface area contributed by atoms with Crippen molar-refractivity contribution in [2.75, 3.05) is 0 Å². The highest BCUT2D eigenvalue weighted by Gasteiger charge is 2.11. The van der Waals surface area contributed by atoms with E-state index in [1.54, 1.807) is 6.20 Å². The highest BCUT2D eigenvalue weighted by atomic mass is 15.3. The molecule has 0 saturated carbocycles. The van der Waals surface area contributed by atoms with Crippen LogP contribution in [0, 0.1) is 6.92 Å². The molecule has 0 unspecified atom stereocenters. The molecule has 3 heterocycles. The lowest BCUT2D eigenvalue weighted by atomic mass is 10.0. The van der Waals surface area contributed by atoms with E-state index in [9.17, 15) is 0 Å². The fourth-order valence-corrected chi connectivity index (χ4v) is 2.80. The lowest BCUT2D eigenvalue weighted by Gasteiger charge is -2.10. The molecule has 0 saturated heterocycles. The van der Waals surface area contributed by atoms with Crippen LogP contribution in [0.25, 0.3) is 16.6 Å². The second kappa shape index (κ2) is 5.11. The van der Waals surface area contributed by atoms with E-state index in [2.05, 4.69) is 32.4 Å². The van der Waals surface area contributed by atoms with Gasteiger partial charge in [-0.1, -0.05) is 18.2 Å². The lowest BCUT2D eigenvalue weighted by molar-refractivity contribution is 0.864. The van der Waals surface area contributed by atoms with Crippen LogP contribution >= 0.6 is 0 Å². The minimum atomic E-state index is 0.744. The van der Waals surface area contributed by atoms with Gasteiger partial charge in [-0.25, -0.2) is 4.68 Å². The van der Waals surface area contributed by atoms with Crippen molar-refractivity contribution in [1.82, 2.24) is 25.0 Å². The maximum atomic E-state index is 4.57. The van der Waals surface area contributed by atoms with Gasteiger partial charge in [0.2, 0.25) is 0 Å². The molecule has 4 rings (SSSR count). The molecular formula is C17H15N5. The Bertz CT molecular complexity index is 921. The van der Waals surface area contributed by atoms with E-state index in [0.717, 1.165) is 34.4 Å². The molecule has 3 aromatic heterocycles.